The van der Waals surface area contributed by atoms with Crippen LogP contribution in [0.2, 0.25) is 0 Å². The predicted octanol–water partition coefficient (Wildman–Crippen LogP) is 7.10. The molecule has 0 atom stereocenters. The lowest BCUT2D eigenvalue weighted by molar-refractivity contribution is 0.626. The van der Waals surface area contributed by atoms with Gasteiger partial charge in [-0.15, -0.1) is 0 Å². The third-order valence-electron chi connectivity index (χ3n) is 1.15. The molecule has 0 radical (unpaired) electrons. The zero-order valence-electron chi connectivity index (χ0n) is 14.1. The molecule has 0 aromatic rings. The van der Waals surface area contributed by atoms with Crippen LogP contribution in [-0.4, -0.2) is 0 Å². The van der Waals surface area contributed by atoms with E-state index >= 15 is 0 Å². The Labute approximate surface area is 108 Å². The molecule has 0 saturated carbocycles. The van der Waals surface area contributed by atoms with E-state index in [-0.39, 0.29) is 0 Å². The lowest BCUT2D eigenvalue weighted by atomic mass is 10.2. The first-order valence-electron chi connectivity index (χ1n) is 7.17. The summed E-state index contributed by atoms with van der Waals surface area (Å²) in [6, 6.07) is 0. The van der Waals surface area contributed by atoms with Gasteiger partial charge in [0.25, 0.3) is 0 Å². The summed E-state index contributed by atoms with van der Waals surface area (Å²) >= 11 is 0. The first-order valence-corrected chi connectivity index (χ1v) is 7.17. The van der Waals surface area contributed by atoms with E-state index in [1.165, 1.54) is 12.8 Å². The van der Waals surface area contributed by atoms with Gasteiger partial charge in [-0.05, 0) is 19.8 Å². The van der Waals surface area contributed by atoms with Gasteiger partial charge in [-0.3, -0.25) is 0 Å². The van der Waals surface area contributed by atoms with Crippen molar-refractivity contribution in [2.75, 3.05) is 0 Å². The van der Waals surface area contributed by atoms with Gasteiger partial charge in [0.05, 0.1) is 0 Å². The summed E-state index contributed by atoms with van der Waals surface area (Å²) in [6.07, 6.45) is 6.56. The first-order chi connectivity index (χ1) is 7.60. The van der Waals surface area contributed by atoms with Crippen LogP contribution < -0.4 is 0 Å². The largest absolute Gasteiger partial charge is 0.0919 e. The van der Waals surface area contributed by atoms with Crippen molar-refractivity contribution in [1.29, 1.82) is 0 Å². The molecule has 0 bridgehead atoms. The molecule has 0 nitrogen and oxygen atoms in total. The SMILES string of the molecule is C/C=C/C.CC.CC.CCC.CCC(C)C. The van der Waals surface area contributed by atoms with Crippen molar-refractivity contribution >= 4 is 0 Å². The molecule has 0 amide bonds. The van der Waals surface area contributed by atoms with Crippen LogP contribution in [0.1, 0.15) is 89.0 Å². The summed E-state index contributed by atoms with van der Waals surface area (Å²) in [5.74, 6) is 0.884. The normalized spacial score (nSPS) is 7.25. The van der Waals surface area contributed by atoms with Gasteiger partial charge in [0, 0.05) is 0 Å². The van der Waals surface area contributed by atoms with E-state index in [1.54, 1.807) is 0 Å². The van der Waals surface area contributed by atoms with E-state index in [0.29, 0.717) is 0 Å². The van der Waals surface area contributed by atoms with Gasteiger partial charge >= 0.3 is 0 Å². The summed E-state index contributed by atoms with van der Waals surface area (Å²) < 4.78 is 0. The molecular formula is C16H40. The molecule has 104 valence electrons. The highest BCUT2D eigenvalue weighted by atomic mass is 13.9. The highest BCUT2D eigenvalue weighted by Gasteiger charge is 1.80. The third-order valence-corrected chi connectivity index (χ3v) is 1.15. The van der Waals surface area contributed by atoms with Crippen molar-refractivity contribution in [3.05, 3.63) is 12.2 Å². The van der Waals surface area contributed by atoms with E-state index in [0.717, 1.165) is 5.92 Å². The van der Waals surface area contributed by atoms with Crippen LogP contribution in [0, 0.1) is 5.92 Å². The van der Waals surface area contributed by atoms with Crippen LogP contribution >= 0.6 is 0 Å². The van der Waals surface area contributed by atoms with E-state index < -0.39 is 0 Å². The van der Waals surface area contributed by atoms with Crippen LogP contribution in [0.25, 0.3) is 0 Å². The minimum absolute atomic E-state index is 0.884. The molecule has 0 fully saturated rings. The Kier molecular flexibility index (Phi) is 114. The van der Waals surface area contributed by atoms with Crippen molar-refractivity contribution in [3.63, 3.8) is 0 Å². The second kappa shape index (κ2) is 61.3. The Balaban J connectivity index is -0.0000000334. The Morgan fingerprint density at radius 2 is 0.875 bits per heavy atom. The molecule has 0 spiro atoms. The molecule has 16 heavy (non-hydrogen) atoms. The number of allylic oxidation sites excluding steroid dienone is 2. The molecule has 0 aliphatic rings. The maximum atomic E-state index is 2.22. The Hall–Kier alpha value is -0.260. The monoisotopic (exact) mass is 232 g/mol. The van der Waals surface area contributed by atoms with E-state index in [1.807, 2.05) is 53.7 Å². The Bertz CT molecular complexity index is 56.4. The average molecular weight is 232 g/mol. The van der Waals surface area contributed by atoms with Gasteiger partial charge in [-0.25, -0.2) is 0 Å². The summed E-state index contributed by atoms with van der Waals surface area (Å²) in [4.78, 5) is 0. The number of rotatable bonds is 1. The molecule has 0 aromatic heterocycles. The Morgan fingerprint density at radius 1 is 0.750 bits per heavy atom. The van der Waals surface area contributed by atoms with Crippen LogP contribution in [0.3, 0.4) is 0 Å². The van der Waals surface area contributed by atoms with Crippen molar-refractivity contribution in [2.45, 2.75) is 89.0 Å². The molecule has 0 unspecified atom stereocenters. The van der Waals surface area contributed by atoms with Crippen molar-refractivity contribution < 1.29 is 0 Å². The first kappa shape index (κ1) is 29.6. The van der Waals surface area contributed by atoms with Crippen molar-refractivity contribution in [2.24, 2.45) is 5.92 Å². The summed E-state index contributed by atoms with van der Waals surface area (Å²) in [6.45, 7) is 22.9. The van der Waals surface area contributed by atoms with Gasteiger partial charge < -0.3 is 0 Å². The van der Waals surface area contributed by atoms with Crippen LogP contribution in [0.15, 0.2) is 12.2 Å². The number of hydrogen-bond donors (Lipinski definition) is 0. The van der Waals surface area contributed by atoms with Gasteiger partial charge in [-0.2, -0.15) is 0 Å². The molecule has 0 aromatic carbocycles. The fourth-order valence-electron chi connectivity index (χ4n) is 0. The van der Waals surface area contributed by atoms with E-state index in [9.17, 15) is 0 Å². The third kappa shape index (κ3) is 297. The molecule has 0 aliphatic heterocycles. The lowest BCUT2D eigenvalue weighted by Gasteiger charge is -1.90. The highest BCUT2D eigenvalue weighted by molar-refractivity contribution is 4.68. The van der Waals surface area contributed by atoms with E-state index in [2.05, 4.69) is 34.6 Å². The topological polar surface area (TPSA) is 0 Å². The second-order valence-corrected chi connectivity index (χ2v) is 3.18. The molecule has 0 aliphatic carbocycles. The molecule has 0 heteroatoms. The average Bonchev–Trinajstić information content (AvgIpc) is 2.35. The molecule has 0 N–H and O–H groups in total. The van der Waals surface area contributed by atoms with Crippen molar-refractivity contribution in [1.82, 2.24) is 0 Å². The minimum Gasteiger partial charge on any atom is -0.0919 e. The second-order valence-electron chi connectivity index (χ2n) is 3.18. The number of hydrogen-bond acceptors (Lipinski definition) is 0. The van der Waals surface area contributed by atoms with E-state index in [4.69, 9.17) is 0 Å². The summed E-state index contributed by atoms with van der Waals surface area (Å²) in [5, 5.41) is 0. The highest BCUT2D eigenvalue weighted by Crippen LogP contribution is 1.93. The molecule has 0 rings (SSSR count). The standard InChI is InChI=1S/C5H12.C4H8.C3H8.2C2H6/c1-4-5(2)3;1-3-4-2;1-3-2;2*1-2/h5H,4H2,1-3H3;3-4H,1-2H3;3H2,1-2H3;2*1-2H3/b;4-3+;;;. The fraction of sp³-hybridized carbons (Fsp3) is 0.875. The van der Waals surface area contributed by atoms with Crippen LogP contribution in [0.4, 0.5) is 0 Å². The smallest absolute Gasteiger partial charge is 0.0470 e. The molecular weight excluding hydrogens is 192 g/mol. The zero-order chi connectivity index (χ0) is 14.4. The van der Waals surface area contributed by atoms with Crippen LogP contribution in [-0.2, 0) is 0 Å². The minimum atomic E-state index is 0.884. The Morgan fingerprint density at radius 3 is 0.875 bits per heavy atom. The zero-order valence-corrected chi connectivity index (χ0v) is 14.1. The maximum Gasteiger partial charge on any atom is -0.0470 e. The van der Waals surface area contributed by atoms with Gasteiger partial charge in [0.2, 0.25) is 0 Å². The quantitative estimate of drug-likeness (QED) is 0.423. The van der Waals surface area contributed by atoms with Crippen molar-refractivity contribution in [3.8, 4) is 0 Å². The summed E-state index contributed by atoms with van der Waals surface area (Å²) in [7, 11) is 0. The maximum absolute atomic E-state index is 2.22. The fourth-order valence-corrected chi connectivity index (χ4v) is 0. The van der Waals surface area contributed by atoms with Gasteiger partial charge in [-0.1, -0.05) is 87.3 Å². The van der Waals surface area contributed by atoms with Gasteiger partial charge in [0.1, 0.15) is 0 Å². The lowest BCUT2D eigenvalue weighted by Crippen LogP contribution is -1.77. The van der Waals surface area contributed by atoms with Gasteiger partial charge in [0.15, 0.2) is 0 Å². The predicted molar refractivity (Wildman–Crippen MR) is 84.3 cm³/mol. The van der Waals surface area contributed by atoms with Crippen LogP contribution in [0.5, 0.6) is 0 Å². The molecule has 0 saturated heterocycles. The summed E-state index contributed by atoms with van der Waals surface area (Å²) in [5.41, 5.74) is 0. The molecule has 0 heterocycles.